The molecule has 3 rings (SSSR count). The second-order valence-electron chi connectivity index (χ2n) is 6.40. The van der Waals surface area contributed by atoms with Crippen molar-refractivity contribution < 1.29 is 9.66 Å². The van der Waals surface area contributed by atoms with E-state index >= 15 is 0 Å². The lowest BCUT2D eigenvalue weighted by Crippen LogP contribution is -2.44. The average molecular weight is 291 g/mol. The minimum absolute atomic E-state index is 0.106. The number of nitro benzene ring substituents is 1. The molecule has 2 unspecified atom stereocenters. The van der Waals surface area contributed by atoms with Crippen molar-refractivity contribution in [2.75, 3.05) is 31.6 Å². The van der Waals surface area contributed by atoms with Gasteiger partial charge in [-0.05, 0) is 31.7 Å². The number of methoxy groups -OCH3 is 1. The second-order valence-corrected chi connectivity index (χ2v) is 6.40. The molecule has 0 aromatic heterocycles. The van der Waals surface area contributed by atoms with Crippen molar-refractivity contribution in [2.45, 2.75) is 19.4 Å². The summed E-state index contributed by atoms with van der Waals surface area (Å²) < 4.78 is 5.25. The van der Waals surface area contributed by atoms with Crippen molar-refractivity contribution in [1.29, 1.82) is 0 Å². The van der Waals surface area contributed by atoms with Gasteiger partial charge in [-0.15, -0.1) is 0 Å². The van der Waals surface area contributed by atoms with E-state index in [1.165, 1.54) is 6.07 Å². The molecule has 0 spiro atoms. The van der Waals surface area contributed by atoms with Gasteiger partial charge in [0.25, 0.3) is 5.69 Å². The first kappa shape index (κ1) is 14.1. The van der Waals surface area contributed by atoms with E-state index in [1.54, 1.807) is 19.2 Å². The Morgan fingerprint density at radius 3 is 2.81 bits per heavy atom. The number of hydrogen-bond donors (Lipinski definition) is 1. The highest BCUT2D eigenvalue weighted by Gasteiger charge is 2.50. The molecule has 2 saturated heterocycles. The molecule has 1 aromatic rings. The average Bonchev–Trinajstić information content (AvgIpc) is 3.00. The van der Waals surface area contributed by atoms with E-state index in [1.807, 2.05) is 0 Å². The maximum atomic E-state index is 11.4. The van der Waals surface area contributed by atoms with E-state index in [2.05, 4.69) is 24.1 Å². The molecule has 0 radical (unpaired) electrons. The summed E-state index contributed by atoms with van der Waals surface area (Å²) in [4.78, 5) is 13.2. The van der Waals surface area contributed by atoms with Crippen LogP contribution in [0.3, 0.4) is 0 Å². The third-order valence-electron chi connectivity index (χ3n) is 5.03. The van der Waals surface area contributed by atoms with Crippen molar-refractivity contribution in [3.05, 3.63) is 28.3 Å². The second kappa shape index (κ2) is 4.87. The molecular weight excluding hydrogens is 270 g/mol. The Hall–Kier alpha value is -1.82. The van der Waals surface area contributed by atoms with Crippen LogP contribution in [-0.2, 0) is 0 Å². The number of hydrogen-bond acceptors (Lipinski definition) is 5. The quantitative estimate of drug-likeness (QED) is 0.682. The summed E-state index contributed by atoms with van der Waals surface area (Å²) in [5.41, 5.74) is 0.709. The molecule has 2 aliphatic heterocycles. The topological polar surface area (TPSA) is 67.6 Å². The Morgan fingerprint density at radius 2 is 2.19 bits per heavy atom. The van der Waals surface area contributed by atoms with E-state index in [0.717, 1.165) is 19.6 Å². The van der Waals surface area contributed by atoms with Gasteiger partial charge in [-0.25, -0.2) is 0 Å². The predicted molar refractivity (Wildman–Crippen MR) is 80.9 cm³/mol. The van der Waals surface area contributed by atoms with E-state index < -0.39 is 0 Å². The summed E-state index contributed by atoms with van der Waals surface area (Å²) in [6.07, 6.45) is 0. The normalized spacial score (nSPS) is 26.7. The maximum absolute atomic E-state index is 11.4. The molecule has 1 N–H and O–H groups in total. The minimum atomic E-state index is -0.308. The van der Waals surface area contributed by atoms with E-state index in [0.29, 0.717) is 23.3 Å². The molecule has 2 heterocycles. The summed E-state index contributed by atoms with van der Waals surface area (Å²) >= 11 is 0. The molecule has 1 aromatic carbocycles. The highest BCUT2D eigenvalue weighted by molar-refractivity contribution is 5.68. The molecule has 2 atom stereocenters. The van der Waals surface area contributed by atoms with Gasteiger partial charge < -0.3 is 15.0 Å². The molecule has 6 nitrogen and oxygen atoms in total. The van der Waals surface area contributed by atoms with Crippen LogP contribution in [0.2, 0.25) is 0 Å². The Kier molecular flexibility index (Phi) is 3.28. The van der Waals surface area contributed by atoms with Crippen LogP contribution in [0.25, 0.3) is 0 Å². The fourth-order valence-corrected chi connectivity index (χ4v) is 3.83. The number of anilines is 1. The SMILES string of the molecule is COc1ccc([N+](=O)[O-])c(N2CC3CNCC3C2(C)C)c1. The molecular formula is C15H21N3O3. The third-order valence-corrected chi connectivity index (χ3v) is 5.03. The van der Waals surface area contributed by atoms with Crippen LogP contribution in [0.1, 0.15) is 13.8 Å². The van der Waals surface area contributed by atoms with Crippen LogP contribution in [0, 0.1) is 22.0 Å². The lowest BCUT2D eigenvalue weighted by molar-refractivity contribution is -0.384. The van der Waals surface area contributed by atoms with Crippen molar-refractivity contribution in [2.24, 2.45) is 11.8 Å². The first-order valence-electron chi connectivity index (χ1n) is 7.26. The van der Waals surface area contributed by atoms with Gasteiger partial charge in [0.1, 0.15) is 11.4 Å². The lowest BCUT2D eigenvalue weighted by atomic mass is 9.84. The van der Waals surface area contributed by atoms with Crippen LogP contribution < -0.4 is 15.0 Å². The molecule has 0 amide bonds. The van der Waals surface area contributed by atoms with Crippen molar-refractivity contribution in [3.8, 4) is 5.75 Å². The predicted octanol–water partition coefficient (Wildman–Crippen LogP) is 2.04. The highest BCUT2D eigenvalue weighted by Crippen LogP contribution is 2.46. The Balaban J connectivity index is 2.05. The summed E-state index contributed by atoms with van der Waals surface area (Å²) in [5.74, 6) is 1.72. The van der Waals surface area contributed by atoms with Gasteiger partial charge in [0.2, 0.25) is 0 Å². The number of fused-ring (bicyclic) bond motifs is 1. The maximum Gasteiger partial charge on any atom is 0.292 e. The van der Waals surface area contributed by atoms with Gasteiger partial charge in [-0.2, -0.15) is 0 Å². The fraction of sp³-hybridized carbons (Fsp3) is 0.600. The summed E-state index contributed by atoms with van der Waals surface area (Å²) in [5, 5.41) is 14.8. The molecule has 21 heavy (non-hydrogen) atoms. The van der Waals surface area contributed by atoms with Gasteiger partial charge in [0.15, 0.2) is 0 Å². The van der Waals surface area contributed by atoms with Crippen LogP contribution in [0.5, 0.6) is 5.75 Å². The van der Waals surface area contributed by atoms with Gasteiger partial charge in [-0.1, -0.05) is 0 Å². The van der Waals surface area contributed by atoms with Crippen LogP contribution in [-0.4, -0.2) is 37.2 Å². The first-order valence-corrected chi connectivity index (χ1v) is 7.26. The number of benzene rings is 1. The smallest absolute Gasteiger partial charge is 0.292 e. The van der Waals surface area contributed by atoms with Gasteiger partial charge in [0.05, 0.1) is 12.0 Å². The van der Waals surface area contributed by atoms with Gasteiger partial charge in [0, 0.05) is 37.3 Å². The minimum Gasteiger partial charge on any atom is -0.497 e. The number of nitrogens with one attached hydrogen (secondary N) is 1. The summed E-state index contributed by atoms with van der Waals surface area (Å²) in [6.45, 7) is 7.16. The summed E-state index contributed by atoms with van der Waals surface area (Å²) in [6, 6.07) is 4.97. The molecule has 0 saturated carbocycles. The van der Waals surface area contributed by atoms with Crippen molar-refractivity contribution in [3.63, 3.8) is 0 Å². The fourth-order valence-electron chi connectivity index (χ4n) is 3.83. The van der Waals surface area contributed by atoms with E-state index in [4.69, 9.17) is 4.74 Å². The molecule has 2 aliphatic rings. The van der Waals surface area contributed by atoms with E-state index in [9.17, 15) is 10.1 Å². The van der Waals surface area contributed by atoms with Crippen LogP contribution >= 0.6 is 0 Å². The monoisotopic (exact) mass is 291 g/mol. The Labute approximate surface area is 124 Å². The van der Waals surface area contributed by atoms with E-state index in [-0.39, 0.29) is 16.1 Å². The Morgan fingerprint density at radius 1 is 1.43 bits per heavy atom. The number of nitro groups is 1. The number of nitrogens with zero attached hydrogens (tertiary/aromatic N) is 2. The highest BCUT2D eigenvalue weighted by atomic mass is 16.6. The van der Waals surface area contributed by atoms with Gasteiger partial charge in [-0.3, -0.25) is 10.1 Å². The standard InChI is InChI=1S/C15H21N3O3/c1-15(2)12-8-16-7-10(12)9-17(15)14-6-11(21-3)4-5-13(14)18(19)20/h4-6,10,12,16H,7-9H2,1-3H3. The molecule has 2 fully saturated rings. The zero-order valence-corrected chi connectivity index (χ0v) is 12.6. The van der Waals surface area contributed by atoms with Crippen molar-refractivity contribution >= 4 is 11.4 Å². The van der Waals surface area contributed by atoms with Crippen LogP contribution in [0.4, 0.5) is 11.4 Å². The zero-order chi connectivity index (χ0) is 15.2. The molecule has 114 valence electrons. The lowest BCUT2D eigenvalue weighted by Gasteiger charge is -2.37. The number of ether oxygens (including phenoxy) is 1. The largest absolute Gasteiger partial charge is 0.497 e. The third kappa shape index (κ3) is 2.14. The molecule has 0 bridgehead atoms. The summed E-state index contributed by atoms with van der Waals surface area (Å²) in [7, 11) is 1.58. The number of rotatable bonds is 3. The van der Waals surface area contributed by atoms with Crippen LogP contribution in [0.15, 0.2) is 18.2 Å². The first-order chi connectivity index (χ1) is 9.95. The molecule has 0 aliphatic carbocycles. The van der Waals surface area contributed by atoms with Gasteiger partial charge >= 0.3 is 0 Å². The zero-order valence-electron chi connectivity index (χ0n) is 12.6. The Bertz CT molecular complexity index is 573. The molecule has 6 heteroatoms. The van der Waals surface area contributed by atoms with Crippen molar-refractivity contribution in [1.82, 2.24) is 5.32 Å².